The molecule has 0 aromatic heterocycles. The van der Waals surface area contributed by atoms with Gasteiger partial charge >= 0.3 is 0 Å². The van der Waals surface area contributed by atoms with Crippen LogP contribution in [-0.2, 0) is 24.8 Å². The van der Waals surface area contributed by atoms with Gasteiger partial charge in [0.1, 0.15) is 10.6 Å². The monoisotopic (exact) mass is 472 g/mol. The number of carbonyl (C=O) groups excluding carboxylic acids is 1. The van der Waals surface area contributed by atoms with Gasteiger partial charge in [-0.3, -0.25) is 9.52 Å². The first-order valence-corrected chi connectivity index (χ1v) is 12.3. The predicted molar refractivity (Wildman–Crippen MR) is 115 cm³/mol. The van der Waals surface area contributed by atoms with Gasteiger partial charge in [0.15, 0.2) is 0 Å². The second-order valence-electron chi connectivity index (χ2n) is 7.61. The molecule has 0 spiro atoms. The SMILES string of the molecule is COc1ccc(N2C(=O)C(C)(C)CS2(=O)=O)cc1S(=O)(=O)Nc1cc(Cl)ccc1C. The van der Waals surface area contributed by atoms with E-state index in [2.05, 4.69) is 4.72 Å². The Morgan fingerprint density at radius 2 is 1.83 bits per heavy atom. The van der Waals surface area contributed by atoms with Crippen LogP contribution in [0.15, 0.2) is 41.3 Å². The maximum atomic E-state index is 13.1. The number of aryl methyl sites for hydroxylation is 1. The molecule has 0 aliphatic carbocycles. The van der Waals surface area contributed by atoms with Gasteiger partial charge in [-0.1, -0.05) is 17.7 Å². The number of sulfonamides is 2. The summed E-state index contributed by atoms with van der Waals surface area (Å²) in [5.74, 6) is -1.00. The van der Waals surface area contributed by atoms with Crippen molar-refractivity contribution in [2.75, 3.05) is 21.9 Å². The van der Waals surface area contributed by atoms with Gasteiger partial charge in [-0.25, -0.2) is 21.1 Å². The van der Waals surface area contributed by atoms with E-state index in [1.54, 1.807) is 19.1 Å². The molecule has 1 N–H and O–H groups in total. The lowest BCUT2D eigenvalue weighted by Crippen LogP contribution is -2.33. The Bertz CT molecular complexity index is 1240. The van der Waals surface area contributed by atoms with E-state index in [4.69, 9.17) is 16.3 Å². The van der Waals surface area contributed by atoms with Gasteiger partial charge in [0.05, 0.1) is 29.7 Å². The number of nitrogens with one attached hydrogen (secondary N) is 1. The first-order chi connectivity index (χ1) is 13.8. The number of methoxy groups -OCH3 is 1. The first-order valence-electron chi connectivity index (χ1n) is 8.83. The normalized spacial score (nSPS) is 17.8. The van der Waals surface area contributed by atoms with Gasteiger partial charge in [-0.15, -0.1) is 0 Å². The number of amides is 1. The average molecular weight is 473 g/mol. The molecule has 8 nitrogen and oxygen atoms in total. The van der Waals surface area contributed by atoms with E-state index in [1.807, 2.05) is 0 Å². The lowest BCUT2D eigenvalue weighted by atomic mass is 9.95. The van der Waals surface area contributed by atoms with Crippen LogP contribution in [0, 0.1) is 12.3 Å². The van der Waals surface area contributed by atoms with Crippen molar-refractivity contribution in [1.29, 1.82) is 0 Å². The molecule has 3 rings (SSSR count). The third kappa shape index (κ3) is 3.99. The number of hydrogen-bond acceptors (Lipinski definition) is 6. The van der Waals surface area contributed by atoms with E-state index in [0.29, 0.717) is 14.9 Å². The number of hydrogen-bond donors (Lipinski definition) is 1. The highest BCUT2D eigenvalue weighted by atomic mass is 35.5. The van der Waals surface area contributed by atoms with Crippen molar-refractivity contribution in [3.8, 4) is 5.75 Å². The van der Waals surface area contributed by atoms with Crippen LogP contribution in [0.3, 0.4) is 0 Å². The van der Waals surface area contributed by atoms with Crippen LogP contribution >= 0.6 is 11.6 Å². The van der Waals surface area contributed by atoms with Gasteiger partial charge in [-0.05, 0) is 56.7 Å². The van der Waals surface area contributed by atoms with E-state index in [0.717, 1.165) is 6.07 Å². The molecule has 0 saturated carbocycles. The summed E-state index contributed by atoms with van der Waals surface area (Å²) < 4.78 is 59.6. The number of halogens is 1. The second-order valence-corrected chi connectivity index (χ2v) is 11.5. The van der Waals surface area contributed by atoms with Crippen LogP contribution in [0.5, 0.6) is 5.75 Å². The molecular formula is C19H21ClN2O6S2. The van der Waals surface area contributed by atoms with Crippen molar-refractivity contribution in [2.45, 2.75) is 25.7 Å². The minimum Gasteiger partial charge on any atom is -0.495 e. The minimum absolute atomic E-state index is 0.00534. The summed E-state index contributed by atoms with van der Waals surface area (Å²) >= 11 is 5.97. The van der Waals surface area contributed by atoms with Gasteiger partial charge in [0.2, 0.25) is 15.9 Å². The highest BCUT2D eigenvalue weighted by Gasteiger charge is 2.50. The number of rotatable bonds is 5. The van der Waals surface area contributed by atoms with Crippen molar-refractivity contribution < 1.29 is 26.4 Å². The minimum atomic E-state index is -4.20. The molecule has 1 heterocycles. The molecule has 162 valence electrons. The Hall–Kier alpha value is -2.30. The molecular weight excluding hydrogens is 452 g/mol. The number of benzene rings is 2. The van der Waals surface area contributed by atoms with Crippen LogP contribution in [0.2, 0.25) is 5.02 Å². The Kier molecular flexibility index (Phi) is 5.55. The molecule has 1 saturated heterocycles. The van der Waals surface area contributed by atoms with Crippen molar-refractivity contribution >= 4 is 48.9 Å². The van der Waals surface area contributed by atoms with E-state index >= 15 is 0 Å². The number of ether oxygens (including phenoxy) is 1. The van der Waals surface area contributed by atoms with E-state index in [9.17, 15) is 21.6 Å². The summed E-state index contributed by atoms with van der Waals surface area (Å²) in [7, 11) is -6.85. The van der Waals surface area contributed by atoms with Crippen LogP contribution < -0.4 is 13.8 Å². The number of carbonyl (C=O) groups is 1. The first kappa shape index (κ1) is 22.4. The molecule has 30 heavy (non-hydrogen) atoms. The highest BCUT2D eigenvalue weighted by Crippen LogP contribution is 2.38. The van der Waals surface area contributed by atoms with E-state index in [1.165, 1.54) is 39.2 Å². The maximum Gasteiger partial charge on any atom is 0.265 e. The number of nitrogens with zero attached hydrogens (tertiary/aromatic N) is 1. The lowest BCUT2D eigenvalue weighted by Gasteiger charge is -2.20. The maximum absolute atomic E-state index is 13.1. The molecule has 0 unspecified atom stereocenters. The largest absolute Gasteiger partial charge is 0.495 e. The molecule has 2 aromatic rings. The smallest absolute Gasteiger partial charge is 0.265 e. The summed E-state index contributed by atoms with van der Waals surface area (Å²) in [6.45, 7) is 4.76. The molecule has 1 fully saturated rings. The van der Waals surface area contributed by atoms with E-state index < -0.39 is 31.4 Å². The summed E-state index contributed by atoms with van der Waals surface area (Å²) in [6.07, 6.45) is 0. The van der Waals surface area contributed by atoms with Crippen LogP contribution in [0.1, 0.15) is 19.4 Å². The molecule has 1 aliphatic heterocycles. The Labute approximate surface area is 180 Å². The summed E-state index contributed by atoms with van der Waals surface area (Å²) in [5.41, 5.74) is -0.291. The molecule has 11 heteroatoms. The van der Waals surface area contributed by atoms with Crippen molar-refractivity contribution in [3.63, 3.8) is 0 Å². The third-order valence-electron chi connectivity index (χ3n) is 4.70. The van der Waals surface area contributed by atoms with Gasteiger partial charge in [0.25, 0.3) is 10.0 Å². The van der Waals surface area contributed by atoms with Crippen molar-refractivity contribution in [2.24, 2.45) is 5.41 Å². The van der Waals surface area contributed by atoms with Gasteiger partial charge in [0, 0.05) is 5.02 Å². The Morgan fingerprint density at radius 3 is 2.40 bits per heavy atom. The fourth-order valence-corrected chi connectivity index (χ4v) is 6.75. The van der Waals surface area contributed by atoms with Gasteiger partial charge < -0.3 is 4.74 Å². The molecule has 1 amide bonds. The van der Waals surface area contributed by atoms with Crippen LogP contribution in [0.25, 0.3) is 0 Å². The van der Waals surface area contributed by atoms with E-state index in [-0.39, 0.29) is 27.8 Å². The van der Waals surface area contributed by atoms with Crippen LogP contribution in [-0.4, -0.2) is 35.6 Å². The second kappa shape index (κ2) is 7.44. The molecule has 2 aromatic carbocycles. The zero-order valence-corrected chi connectivity index (χ0v) is 19.2. The third-order valence-corrected chi connectivity index (χ3v) is 8.34. The fraction of sp³-hybridized carbons (Fsp3) is 0.316. The Morgan fingerprint density at radius 1 is 1.17 bits per heavy atom. The van der Waals surface area contributed by atoms with Crippen LogP contribution in [0.4, 0.5) is 11.4 Å². The quantitative estimate of drug-likeness (QED) is 0.715. The van der Waals surface area contributed by atoms with Crippen molar-refractivity contribution in [3.05, 3.63) is 47.0 Å². The highest BCUT2D eigenvalue weighted by molar-refractivity contribution is 7.94. The molecule has 0 atom stereocenters. The predicted octanol–water partition coefficient (Wildman–Crippen LogP) is 3.16. The average Bonchev–Trinajstić information content (AvgIpc) is 2.80. The van der Waals surface area contributed by atoms with Crippen molar-refractivity contribution in [1.82, 2.24) is 0 Å². The molecule has 0 bridgehead atoms. The van der Waals surface area contributed by atoms with Gasteiger partial charge in [-0.2, -0.15) is 0 Å². The summed E-state index contributed by atoms with van der Waals surface area (Å²) in [6, 6.07) is 8.49. The molecule has 0 radical (unpaired) electrons. The zero-order chi connectivity index (χ0) is 22.5. The standard InChI is InChI=1S/C19H21ClN2O6S2/c1-12-5-6-13(20)9-15(12)21-30(26,27)17-10-14(7-8-16(17)28-4)22-18(23)19(2,3)11-29(22,24)25/h5-10,21H,11H2,1-4H3. The Balaban J connectivity index is 2.12. The summed E-state index contributed by atoms with van der Waals surface area (Å²) in [5, 5.41) is 0.343. The fourth-order valence-electron chi connectivity index (χ4n) is 3.17. The molecule has 1 aliphatic rings. The summed E-state index contributed by atoms with van der Waals surface area (Å²) in [4.78, 5) is 12.4. The zero-order valence-electron chi connectivity index (χ0n) is 16.8. The number of anilines is 2. The topological polar surface area (TPSA) is 110 Å². The lowest BCUT2D eigenvalue weighted by molar-refractivity contribution is -0.123.